The Morgan fingerprint density at radius 2 is 1.35 bits per heavy atom. The lowest BCUT2D eigenvalue weighted by Gasteiger charge is -2.43. The Morgan fingerprint density at radius 3 is 1.65 bits per heavy atom. The van der Waals surface area contributed by atoms with E-state index in [1.165, 1.54) is 0 Å². The maximum atomic E-state index is 12.5. The minimum absolute atomic E-state index is 0.0889. The minimum atomic E-state index is -1.94. The Kier molecular flexibility index (Phi) is 7.30. The fourth-order valence-corrected chi connectivity index (χ4v) is 3.37. The van der Waals surface area contributed by atoms with Gasteiger partial charge in [0.15, 0.2) is 8.32 Å². The summed E-state index contributed by atoms with van der Waals surface area (Å²) in [5.74, 6) is 0.0889. The molecule has 0 aliphatic heterocycles. The first kappa shape index (κ1) is 22.8. The average molecular weight is 345 g/mol. The molecule has 0 fully saturated rings. The number of hydrogen-bond acceptors (Lipinski definition) is 3. The maximum Gasteiger partial charge on any atom is 0.192 e. The lowest BCUT2D eigenvalue weighted by molar-refractivity contribution is -0.125. The van der Waals surface area contributed by atoms with Crippen LogP contribution in [0, 0.1) is 10.8 Å². The SMILES string of the molecule is CC(C)(C)[C@@H](O)CC(=O)C[C@@H](O[Si](C)(C)C(C)(C)C)C(C)(C)C. The number of hydrogen-bond donors (Lipinski definition) is 1. The standard InChI is InChI=1S/C19H40O3Si/c1-17(2,3)15(21)12-14(20)13-16(18(4,5)6)22-23(10,11)19(7,8)9/h15-16,21H,12-13H2,1-11H3/t15-,16+/m0/s1. The normalized spacial score (nSPS) is 17.0. The van der Waals surface area contributed by atoms with Crippen molar-refractivity contribution in [3.8, 4) is 0 Å². The lowest BCUT2D eigenvalue weighted by Crippen LogP contribution is -2.48. The van der Waals surface area contributed by atoms with Crippen LogP contribution in [0.15, 0.2) is 0 Å². The molecule has 0 unspecified atom stereocenters. The van der Waals surface area contributed by atoms with E-state index in [1.54, 1.807) is 0 Å². The van der Waals surface area contributed by atoms with Crippen molar-refractivity contribution in [3.05, 3.63) is 0 Å². The van der Waals surface area contributed by atoms with Crippen LogP contribution in [-0.4, -0.2) is 31.4 Å². The highest BCUT2D eigenvalue weighted by molar-refractivity contribution is 6.74. The molecule has 0 aromatic rings. The first-order chi connectivity index (χ1) is 9.88. The summed E-state index contributed by atoms with van der Waals surface area (Å²) in [7, 11) is -1.94. The van der Waals surface area contributed by atoms with E-state index in [-0.39, 0.29) is 34.2 Å². The van der Waals surface area contributed by atoms with Crippen LogP contribution < -0.4 is 0 Å². The molecular formula is C19H40O3Si. The van der Waals surface area contributed by atoms with E-state index in [2.05, 4.69) is 54.6 Å². The van der Waals surface area contributed by atoms with Gasteiger partial charge in [-0.3, -0.25) is 4.79 Å². The van der Waals surface area contributed by atoms with Crippen LogP contribution in [0.2, 0.25) is 18.1 Å². The Morgan fingerprint density at radius 1 is 0.913 bits per heavy atom. The van der Waals surface area contributed by atoms with Crippen LogP contribution in [0.4, 0.5) is 0 Å². The lowest BCUT2D eigenvalue weighted by atomic mass is 9.82. The van der Waals surface area contributed by atoms with E-state index in [4.69, 9.17) is 4.43 Å². The third-order valence-corrected chi connectivity index (χ3v) is 9.53. The predicted molar refractivity (Wildman–Crippen MR) is 101 cm³/mol. The first-order valence-corrected chi connectivity index (χ1v) is 11.7. The molecule has 23 heavy (non-hydrogen) atoms. The summed E-state index contributed by atoms with van der Waals surface area (Å²) in [6.45, 7) is 23.3. The Hall–Kier alpha value is -0.193. The van der Waals surface area contributed by atoms with Gasteiger partial charge < -0.3 is 9.53 Å². The Labute approximate surface area is 145 Å². The van der Waals surface area contributed by atoms with Crippen LogP contribution in [0.25, 0.3) is 0 Å². The second-order valence-corrected chi connectivity index (χ2v) is 15.3. The molecule has 0 saturated heterocycles. The zero-order chi connectivity index (χ0) is 18.9. The number of aliphatic hydroxyl groups is 1. The van der Waals surface area contributed by atoms with Crippen molar-refractivity contribution in [3.63, 3.8) is 0 Å². The quantitative estimate of drug-likeness (QED) is 0.675. The largest absolute Gasteiger partial charge is 0.413 e. The molecule has 0 radical (unpaired) electrons. The highest BCUT2D eigenvalue weighted by Gasteiger charge is 2.42. The maximum absolute atomic E-state index is 12.5. The minimum Gasteiger partial charge on any atom is -0.413 e. The smallest absolute Gasteiger partial charge is 0.192 e. The zero-order valence-corrected chi connectivity index (χ0v) is 18.3. The van der Waals surface area contributed by atoms with Crippen LogP contribution >= 0.6 is 0 Å². The molecule has 0 rings (SSSR count). The highest BCUT2D eigenvalue weighted by Crippen LogP contribution is 2.40. The van der Waals surface area contributed by atoms with Gasteiger partial charge in [-0.2, -0.15) is 0 Å². The highest BCUT2D eigenvalue weighted by atomic mass is 28.4. The van der Waals surface area contributed by atoms with Gasteiger partial charge in [-0.1, -0.05) is 62.3 Å². The molecule has 0 amide bonds. The fraction of sp³-hybridized carbons (Fsp3) is 0.947. The summed E-state index contributed by atoms with van der Waals surface area (Å²) in [5.41, 5.74) is -0.370. The van der Waals surface area contributed by atoms with Gasteiger partial charge in [0.05, 0.1) is 12.2 Å². The van der Waals surface area contributed by atoms with E-state index in [0.29, 0.717) is 6.42 Å². The van der Waals surface area contributed by atoms with Crippen molar-refractivity contribution in [2.75, 3.05) is 0 Å². The van der Waals surface area contributed by atoms with E-state index < -0.39 is 14.4 Å². The number of rotatable bonds is 6. The second-order valence-electron chi connectivity index (χ2n) is 10.6. The molecule has 0 saturated carbocycles. The third kappa shape index (κ3) is 7.49. The summed E-state index contributed by atoms with van der Waals surface area (Å²) in [4.78, 5) is 12.5. The number of carbonyl (C=O) groups is 1. The van der Waals surface area contributed by atoms with Gasteiger partial charge in [0.1, 0.15) is 5.78 Å². The van der Waals surface area contributed by atoms with Gasteiger partial charge in [-0.25, -0.2) is 0 Å². The third-order valence-electron chi connectivity index (χ3n) is 5.04. The van der Waals surface area contributed by atoms with Crippen molar-refractivity contribution in [2.24, 2.45) is 10.8 Å². The van der Waals surface area contributed by atoms with Crippen molar-refractivity contribution in [1.82, 2.24) is 0 Å². The van der Waals surface area contributed by atoms with Crippen molar-refractivity contribution < 1.29 is 14.3 Å². The van der Waals surface area contributed by atoms with Gasteiger partial charge in [0, 0.05) is 12.8 Å². The molecule has 138 valence electrons. The molecule has 0 heterocycles. The summed E-state index contributed by atoms with van der Waals surface area (Å²) < 4.78 is 6.54. The molecule has 0 aliphatic rings. The van der Waals surface area contributed by atoms with Crippen LogP contribution in [0.3, 0.4) is 0 Å². The summed E-state index contributed by atoms with van der Waals surface area (Å²) >= 11 is 0. The Balaban J connectivity index is 5.07. The first-order valence-electron chi connectivity index (χ1n) is 8.75. The summed E-state index contributed by atoms with van der Waals surface area (Å²) in [6.07, 6.45) is -0.133. The van der Waals surface area contributed by atoms with E-state index in [0.717, 1.165) is 0 Å². The van der Waals surface area contributed by atoms with Gasteiger partial charge in [0.25, 0.3) is 0 Å². The van der Waals surface area contributed by atoms with Crippen molar-refractivity contribution >= 4 is 14.1 Å². The summed E-state index contributed by atoms with van der Waals surface area (Å²) in [6, 6.07) is 0. The molecule has 2 atom stereocenters. The van der Waals surface area contributed by atoms with Crippen LogP contribution in [-0.2, 0) is 9.22 Å². The Bertz CT molecular complexity index is 394. The van der Waals surface area contributed by atoms with Crippen LogP contribution in [0.5, 0.6) is 0 Å². The zero-order valence-electron chi connectivity index (χ0n) is 17.3. The molecule has 0 aromatic heterocycles. The van der Waals surface area contributed by atoms with Gasteiger partial charge >= 0.3 is 0 Å². The topological polar surface area (TPSA) is 46.5 Å². The number of carbonyl (C=O) groups excluding carboxylic acids is 1. The van der Waals surface area contributed by atoms with Gasteiger partial charge in [-0.15, -0.1) is 0 Å². The van der Waals surface area contributed by atoms with Gasteiger partial charge in [0.2, 0.25) is 0 Å². The number of ketones is 1. The molecule has 0 spiro atoms. The van der Waals surface area contributed by atoms with Crippen LogP contribution in [0.1, 0.15) is 75.2 Å². The molecule has 4 heteroatoms. The fourth-order valence-electron chi connectivity index (χ4n) is 1.87. The number of aliphatic hydroxyl groups excluding tert-OH is 1. The molecule has 0 aromatic carbocycles. The van der Waals surface area contributed by atoms with Crippen molar-refractivity contribution in [1.29, 1.82) is 0 Å². The van der Waals surface area contributed by atoms with E-state index in [9.17, 15) is 9.90 Å². The molecule has 0 aliphatic carbocycles. The van der Waals surface area contributed by atoms with Gasteiger partial charge in [-0.05, 0) is 29.0 Å². The molecule has 0 bridgehead atoms. The predicted octanol–water partition coefficient (Wildman–Crippen LogP) is 5.18. The molecular weight excluding hydrogens is 304 g/mol. The molecule has 1 N–H and O–H groups in total. The summed E-state index contributed by atoms with van der Waals surface area (Å²) in [5, 5.41) is 10.3. The molecule has 3 nitrogen and oxygen atoms in total. The second kappa shape index (κ2) is 7.36. The van der Waals surface area contributed by atoms with E-state index in [1.807, 2.05) is 20.8 Å². The van der Waals surface area contributed by atoms with Crippen molar-refractivity contribution in [2.45, 2.75) is 105 Å². The monoisotopic (exact) mass is 344 g/mol. The number of Topliss-reactive ketones (excluding diaryl/α,β-unsaturated/α-hetero) is 1. The average Bonchev–Trinajstić information content (AvgIpc) is 2.23. The van der Waals surface area contributed by atoms with E-state index >= 15 is 0 Å².